The summed E-state index contributed by atoms with van der Waals surface area (Å²) < 4.78 is 14.8. The van der Waals surface area contributed by atoms with Gasteiger partial charge in [-0.1, -0.05) is 6.07 Å². The summed E-state index contributed by atoms with van der Waals surface area (Å²) in [5.74, 6) is -0.325. The second-order valence-corrected chi connectivity index (χ2v) is 3.63. The lowest BCUT2D eigenvalue weighted by Gasteiger charge is -2.03. The van der Waals surface area contributed by atoms with E-state index in [1.54, 1.807) is 29.0 Å². The summed E-state index contributed by atoms with van der Waals surface area (Å²) in [6.07, 6.45) is 3.03. The van der Waals surface area contributed by atoms with E-state index in [9.17, 15) is 9.18 Å². The number of hydrogen-bond donors (Lipinski definition) is 1. The maximum absolute atomic E-state index is 13.1. The lowest BCUT2D eigenvalue weighted by atomic mass is 10.3. The van der Waals surface area contributed by atoms with E-state index in [1.165, 1.54) is 18.5 Å². The van der Waals surface area contributed by atoms with Crippen molar-refractivity contribution in [1.29, 1.82) is 0 Å². The molecule has 3 rings (SSSR count). The number of halogens is 1. The van der Waals surface area contributed by atoms with Crippen LogP contribution >= 0.6 is 0 Å². The Hall–Kier alpha value is -2.43. The van der Waals surface area contributed by atoms with Crippen molar-refractivity contribution in [2.75, 3.05) is 0 Å². The predicted molar refractivity (Wildman–Crippen MR) is 61.6 cm³/mol. The largest absolute Gasteiger partial charge is 0.313 e. The van der Waals surface area contributed by atoms with Gasteiger partial charge in [-0.25, -0.2) is 9.37 Å². The van der Waals surface area contributed by atoms with Crippen molar-refractivity contribution in [1.82, 2.24) is 14.5 Å². The standard InChI is InChI=1S/C12H8FN3O/c13-8-2-1-3-9(6-8)16-5-4-10-11(16)14-7-15-12(10)17/h1-7H,(H,14,15,17). The van der Waals surface area contributed by atoms with Gasteiger partial charge in [0.2, 0.25) is 0 Å². The molecule has 1 aromatic carbocycles. The van der Waals surface area contributed by atoms with Crippen LogP contribution in [0.3, 0.4) is 0 Å². The molecule has 2 aromatic heterocycles. The number of nitrogens with one attached hydrogen (secondary N) is 1. The van der Waals surface area contributed by atoms with E-state index in [2.05, 4.69) is 9.97 Å². The molecule has 0 fully saturated rings. The molecule has 0 aliphatic carbocycles. The van der Waals surface area contributed by atoms with Gasteiger partial charge in [-0.2, -0.15) is 0 Å². The van der Waals surface area contributed by atoms with Crippen LogP contribution in [0.15, 0.2) is 47.7 Å². The molecule has 0 atom stereocenters. The number of nitrogens with zero attached hydrogens (tertiary/aromatic N) is 2. The number of H-pyrrole nitrogens is 1. The molecule has 4 nitrogen and oxygen atoms in total. The van der Waals surface area contributed by atoms with Gasteiger partial charge in [-0.3, -0.25) is 4.79 Å². The van der Waals surface area contributed by atoms with Crippen LogP contribution in [-0.2, 0) is 0 Å². The molecule has 17 heavy (non-hydrogen) atoms. The smallest absolute Gasteiger partial charge is 0.260 e. The first-order valence-electron chi connectivity index (χ1n) is 5.06. The van der Waals surface area contributed by atoms with Gasteiger partial charge in [0, 0.05) is 11.9 Å². The Morgan fingerprint density at radius 3 is 3.00 bits per heavy atom. The molecular weight excluding hydrogens is 221 g/mol. The van der Waals surface area contributed by atoms with Crippen LogP contribution in [0.1, 0.15) is 0 Å². The van der Waals surface area contributed by atoms with Crippen LogP contribution in [0.2, 0.25) is 0 Å². The third-order valence-corrected chi connectivity index (χ3v) is 2.57. The van der Waals surface area contributed by atoms with Crippen LogP contribution < -0.4 is 5.56 Å². The first-order chi connectivity index (χ1) is 8.25. The highest BCUT2D eigenvalue weighted by atomic mass is 19.1. The zero-order valence-corrected chi connectivity index (χ0v) is 8.72. The van der Waals surface area contributed by atoms with Gasteiger partial charge in [-0.15, -0.1) is 0 Å². The van der Waals surface area contributed by atoms with Crippen LogP contribution in [0.25, 0.3) is 16.7 Å². The average Bonchev–Trinajstić information content (AvgIpc) is 2.74. The van der Waals surface area contributed by atoms with E-state index in [1.807, 2.05) is 0 Å². The van der Waals surface area contributed by atoms with Gasteiger partial charge in [0.05, 0.1) is 11.7 Å². The summed E-state index contributed by atoms with van der Waals surface area (Å²) in [7, 11) is 0. The summed E-state index contributed by atoms with van der Waals surface area (Å²) in [6, 6.07) is 7.79. The Labute approximate surface area is 95.4 Å². The molecule has 5 heteroatoms. The van der Waals surface area contributed by atoms with Crippen LogP contribution in [0, 0.1) is 5.82 Å². The molecule has 0 saturated heterocycles. The third kappa shape index (κ3) is 1.52. The van der Waals surface area contributed by atoms with Crippen molar-refractivity contribution in [3.8, 4) is 5.69 Å². The molecule has 0 aliphatic heterocycles. The van der Waals surface area contributed by atoms with Crippen molar-refractivity contribution in [3.63, 3.8) is 0 Å². The van der Waals surface area contributed by atoms with E-state index >= 15 is 0 Å². The normalized spacial score (nSPS) is 10.9. The molecule has 0 saturated carbocycles. The number of benzene rings is 1. The summed E-state index contributed by atoms with van der Waals surface area (Å²) in [6.45, 7) is 0. The monoisotopic (exact) mass is 229 g/mol. The van der Waals surface area contributed by atoms with Gasteiger partial charge in [0.1, 0.15) is 5.82 Å². The molecule has 0 unspecified atom stereocenters. The summed E-state index contributed by atoms with van der Waals surface area (Å²) in [5.41, 5.74) is 0.947. The number of aromatic nitrogens is 3. The van der Waals surface area contributed by atoms with Crippen LogP contribution in [0.4, 0.5) is 4.39 Å². The first-order valence-corrected chi connectivity index (χ1v) is 5.06. The fourth-order valence-corrected chi connectivity index (χ4v) is 1.80. The minimum atomic E-state index is -0.325. The highest BCUT2D eigenvalue weighted by molar-refractivity contribution is 5.76. The van der Waals surface area contributed by atoms with Gasteiger partial charge in [0.15, 0.2) is 5.65 Å². The second kappa shape index (κ2) is 3.55. The minimum Gasteiger partial charge on any atom is -0.313 e. The maximum atomic E-state index is 13.1. The molecule has 0 amide bonds. The lowest BCUT2D eigenvalue weighted by molar-refractivity contribution is 0.627. The molecule has 1 N–H and O–H groups in total. The molecule has 0 radical (unpaired) electrons. The van der Waals surface area contributed by atoms with Crippen molar-refractivity contribution < 1.29 is 4.39 Å². The van der Waals surface area contributed by atoms with Gasteiger partial charge >= 0.3 is 0 Å². The third-order valence-electron chi connectivity index (χ3n) is 2.57. The zero-order valence-electron chi connectivity index (χ0n) is 8.72. The van der Waals surface area contributed by atoms with Crippen LogP contribution in [-0.4, -0.2) is 14.5 Å². The van der Waals surface area contributed by atoms with Crippen molar-refractivity contribution in [2.45, 2.75) is 0 Å². The molecule has 0 spiro atoms. The van der Waals surface area contributed by atoms with Gasteiger partial charge in [-0.05, 0) is 24.3 Å². The van der Waals surface area contributed by atoms with Crippen molar-refractivity contribution in [2.24, 2.45) is 0 Å². The van der Waals surface area contributed by atoms with Crippen molar-refractivity contribution in [3.05, 3.63) is 59.0 Å². The molecule has 84 valence electrons. The molecule has 0 aliphatic rings. The average molecular weight is 229 g/mol. The number of fused-ring (bicyclic) bond motifs is 1. The van der Waals surface area contributed by atoms with E-state index in [0.717, 1.165) is 0 Å². The van der Waals surface area contributed by atoms with Crippen molar-refractivity contribution >= 4 is 11.0 Å². The number of aromatic amines is 1. The van der Waals surface area contributed by atoms with Gasteiger partial charge < -0.3 is 9.55 Å². The zero-order chi connectivity index (χ0) is 11.8. The second-order valence-electron chi connectivity index (χ2n) is 3.63. The van der Waals surface area contributed by atoms with E-state index < -0.39 is 0 Å². The molecule has 3 aromatic rings. The molecule has 0 bridgehead atoms. The molecular formula is C12H8FN3O. The van der Waals surface area contributed by atoms with E-state index in [4.69, 9.17) is 0 Å². The fraction of sp³-hybridized carbons (Fsp3) is 0. The Morgan fingerprint density at radius 2 is 2.18 bits per heavy atom. The number of rotatable bonds is 1. The highest BCUT2D eigenvalue weighted by Crippen LogP contribution is 2.16. The lowest BCUT2D eigenvalue weighted by Crippen LogP contribution is -2.06. The summed E-state index contributed by atoms with van der Waals surface area (Å²) in [5, 5.41) is 0.483. The summed E-state index contributed by atoms with van der Waals surface area (Å²) >= 11 is 0. The topological polar surface area (TPSA) is 50.7 Å². The first kappa shape index (κ1) is 9.77. The minimum absolute atomic E-state index is 0.204. The molecule has 2 heterocycles. The summed E-state index contributed by atoms with van der Waals surface area (Å²) in [4.78, 5) is 18.1. The Morgan fingerprint density at radius 1 is 1.29 bits per heavy atom. The van der Waals surface area contributed by atoms with E-state index in [-0.39, 0.29) is 11.4 Å². The Bertz CT molecular complexity index is 745. The van der Waals surface area contributed by atoms with Gasteiger partial charge in [0.25, 0.3) is 5.56 Å². The Balaban J connectivity index is 2.32. The SMILES string of the molecule is O=c1[nH]cnc2c1ccn2-c1cccc(F)c1. The predicted octanol–water partition coefficient (Wildman–Crippen LogP) is 1.85. The van der Waals surface area contributed by atoms with Crippen LogP contribution in [0.5, 0.6) is 0 Å². The van der Waals surface area contributed by atoms with E-state index in [0.29, 0.717) is 16.7 Å². The maximum Gasteiger partial charge on any atom is 0.260 e. The fourth-order valence-electron chi connectivity index (χ4n) is 1.80. The number of hydrogen-bond acceptors (Lipinski definition) is 2. The Kier molecular flexibility index (Phi) is 2.04. The highest BCUT2D eigenvalue weighted by Gasteiger charge is 2.07. The quantitative estimate of drug-likeness (QED) is 0.692.